The van der Waals surface area contributed by atoms with Gasteiger partial charge < -0.3 is 9.90 Å². The number of rotatable bonds is 4. The number of carboxylic acid groups (broad SMARTS) is 1. The summed E-state index contributed by atoms with van der Waals surface area (Å²) in [5, 5.41) is 10.2. The van der Waals surface area contributed by atoms with Crippen LogP contribution in [-0.2, 0) is 9.59 Å². The number of pyridine rings is 1. The van der Waals surface area contributed by atoms with Crippen LogP contribution in [0.3, 0.4) is 0 Å². The number of nitrogens with zero attached hydrogens (tertiary/aromatic N) is 2. The minimum absolute atomic E-state index is 0.0904. The van der Waals surface area contributed by atoms with Crippen molar-refractivity contribution in [2.24, 2.45) is 0 Å². The molecule has 2 aromatic rings. The van der Waals surface area contributed by atoms with Crippen molar-refractivity contribution in [2.75, 3.05) is 4.90 Å². The van der Waals surface area contributed by atoms with Gasteiger partial charge in [-0.05, 0) is 30.3 Å². The lowest BCUT2D eigenvalue weighted by atomic mass is 10.3. The van der Waals surface area contributed by atoms with Crippen molar-refractivity contribution < 1.29 is 23.9 Å². The third-order valence-electron chi connectivity index (χ3n) is 3.51. The molecule has 128 valence electrons. The van der Waals surface area contributed by atoms with E-state index in [-0.39, 0.29) is 27.7 Å². The number of thioether (sulfide) groups is 1. The van der Waals surface area contributed by atoms with Crippen molar-refractivity contribution in [3.63, 3.8) is 0 Å². The lowest BCUT2D eigenvalue weighted by Gasteiger charge is -2.16. The highest BCUT2D eigenvalue weighted by Crippen LogP contribution is 2.35. The van der Waals surface area contributed by atoms with Gasteiger partial charge in [-0.3, -0.25) is 9.59 Å². The molecule has 1 saturated heterocycles. The first kappa shape index (κ1) is 17.4. The van der Waals surface area contributed by atoms with E-state index in [4.69, 9.17) is 11.6 Å². The quantitative estimate of drug-likeness (QED) is 0.750. The topological polar surface area (TPSA) is 90.4 Å². The van der Waals surface area contributed by atoms with Gasteiger partial charge in [0.2, 0.25) is 11.8 Å². The van der Waals surface area contributed by atoms with E-state index in [2.05, 4.69) is 4.98 Å². The Balaban J connectivity index is 1.87. The molecule has 1 aliphatic heterocycles. The molecule has 0 N–H and O–H groups in total. The zero-order chi connectivity index (χ0) is 18.1. The molecular weight excluding hydrogens is 371 g/mol. The highest BCUT2D eigenvalue weighted by molar-refractivity contribution is 8.00. The molecule has 1 aromatic heterocycles. The highest BCUT2D eigenvalue weighted by atomic mass is 35.5. The summed E-state index contributed by atoms with van der Waals surface area (Å²) in [7, 11) is 0. The summed E-state index contributed by atoms with van der Waals surface area (Å²) in [4.78, 5) is 40.7. The summed E-state index contributed by atoms with van der Waals surface area (Å²) < 4.78 is 13.3. The van der Waals surface area contributed by atoms with Gasteiger partial charge in [0, 0.05) is 18.2 Å². The first-order valence-electron chi connectivity index (χ1n) is 7.03. The third kappa shape index (κ3) is 3.35. The molecular formula is C16H9ClFN2O4S-. The molecule has 1 fully saturated rings. The SMILES string of the molecule is O=C([O-])c1cccnc1S[C@@H]1CC(=O)N(c2ccc(F)c(Cl)c2)C1=O. The van der Waals surface area contributed by atoms with Crippen LogP contribution in [0.25, 0.3) is 0 Å². The molecule has 2 amide bonds. The highest BCUT2D eigenvalue weighted by Gasteiger charge is 2.40. The lowest BCUT2D eigenvalue weighted by molar-refractivity contribution is -0.255. The fraction of sp³-hybridized carbons (Fsp3) is 0.125. The molecule has 1 atom stereocenters. The van der Waals surface area contributed by atoms with Crippen LogP contribution >= 0.6 is 23.4 Å². The molecule has 0 bridgehead atoms. The Bertz CT molecular complexity index is 892. The molecule has 0 spiro atoms. The first-order chi connectivity index (χ1) is 11.9. The molecule has 25 heavy (non-hydrogen) atoms. The molecule has 3 rings (SSSR count). The van der Waals surface area contributed by atoms with Crippen LogP contribution in [0.1, 0.15) is 16.8 Å². The Morgan fingerprint density at radius 2 is 2.12 bits per heavy atom. The minimum Gasteiger partial charge on any atom is -0.545 e. The normalized spacial score (nSPS) is 17.2. The van der Waals surface area contributed by atoms with Crippen molar-refractivity contribution in [1.29, 1.82) is 0 Å². The number of carbonyl (C=O) groups is 3. The maximum Gasteiger partial charge on any atom is 0.247 e. The Morgan fingerprint density at radius 3 is 2.80 bits per heavy atom. The van der Waals surface area contributed by atoms with Gasteiger partial charge in [0.05, 0.1) is 21.9 Å². The first-order valence-corrected chi connectivity index (χ1v) is 8.29. The van der Waals surface area contributed by atoms with Crippen molar-refractivity contribution in [3.8, 4) is 0 Å². The third-order valence-corrected chi connectivity index (χ3v) is 5.00. The van der Waals surface area contributed by atoms with E-state index in [1.54, 1.807) is 0 Å². The summed E-state index contributed by atoms with van der Waals surface area (Å²) in [6, 6.07) is 6.27. The lowest BCUT2D eigenvalue weighted by Crippen LogP contribution is -2.31. The number of aromatic carboxylic acids is 1. The Hall–Kier alpha value is -2.45. The number of carboxylic acids is 1. The zero-order valence-corrected chi connectivity index (χ0v) is 14.0. The average Bonchev–Trinajstić information content (AvgIpc) is 2.84. The largest absolute Gasteiger partial charge is 0.545 e. The summed E-state index contributed by atoms with van der Waals surface area (Å²) in [5.74, 6) is -3.12. The summed E-state index contributed by atoms with van der Waals surface area (Å²) in [6.45, 7) is 0. The van der Waals surface area contributed by atoms with E-state index in [0.29, 0.717) is 0 Å². The summed E-state index contributed by atoms with van der Waals surface area (Å²) in [5.41, 5.74) is 0.00155. The van der Waals surface area contributed by atoms with Gasteiger partial charge in [0.15, 0.2) is 0 Å². The Morgan fingerprint density at radius 1 is 1.36 bits per heavy atom. The van der Waals surface area contributed by atoms with E-state index in [0.717, 1.165) is 22.7 Å². The molecule has 0 saturated carbocycles. The monoisotopic (exact) mass is 379 g/mol. The van der Waals surface area contributed by atoms with Crippen LogP contribution in [0.4, 0.5) is 10.1 Å². The van der Waals surface area contributed by atoms with E-state index < -0.39 is 28.9 Å². The van der Waals surface area contributed by atoms with Crippen LogP contribution in [0.2, 0.25) is 5.02 Å². The average molecular weight is 380 g/mol. The smallest absolute Gasteiger partial charge is 0.247 e. The van der Waals surface area contributed by atoms with Crippen molar-refractivity contribution in [3.05, 3.63) is 52.9 Å². The van der Waals surface area contributed by atoms with Crippen molar-refractivity contribution in [1.82, 2.24) is 4.98 Å². The van der Waals surface area contributed by atoms with E-state index in [1.807, 2.05) is 0 Å². The van der Waals surface area contributed by atoms with Crippen molar-refractivity contribution in [2.45, 2.75) is 16.7 Å². The second kappa shape index (κ2) is 6.81. The molecule has 2 heterocycles. The van der Waals surface area contributed by atoms with Crippen molar-refractivity contribution >= 4 is 46.8 Å². The van der Waals surface area contributed by atoms with E-state index in [9.17, 15) is 23.9 Å². The number of hydrogen-bond donors (Lipinski definition) is 0. The number of hydrogen-bond acceptors (Lipinski definition) is 6. The molecule has 1 aromatic carbocycles. The van der Waals surface area contributed by atoms with Crippen LogP contribution in [-0.4, -0.2) is 28.0 Å². The van der Waals surface area contributed by atoms with Crippen LogP contribution in [0, 0.1) is 5.82 Å². The Kier molecular flexibility index (Phi) is 4.73. The molecule has 9 heteroatoms. The zero-order valence-electron chi connectivity index (χ0n) is 12.4. The van der Waals surface area contributed by atoms with Gasteiger partial charge in [0.1, 0.15) is 10.8 Å². The maximum absolute atomic E-state index is 13.3. The van der Waals surface area contributed by atoms with Gasteiger partial charge >= 0.3 is 0 Å². The van der Waals surface area contributed by atoms with Crippen LogP contribution < -0.4 is 10.0 Å². The molecule has 6 nitrogen and oxygen atoms in total. The van der Waals surface area contributed by atoms with Gasteiger partial charge in [-0.25, -0.2) is 14.3 Å². The maximum atomic E-state index is 13.3. The number of benzene rings is 1. The fourth-order valence-electron chi connectivity index (χ4n) is 2.37. The molecule has 1 aliphatic rings. The molecule has 0 unspecified atom stereocenters. The van der Waals surface area contributed by atoms with Crippen LogP contribution in [0.5, 0.6) is 0 Å². The number of amides is 2. The fourth-order valence-corrected chi connectivity index (χ4v) is 3.64. The minimum atomic E-state index is -1.42. The molecule has 0 radical (unpaired) electrons. The van der Waals surface area contributed by atoms with Crippen LogP contribution in [0.15, 0.2) is 41.6 Å². The standard InChI is InChI=1S/C16H10ClFN2O4S/c17-10-6-8(3-4-11(10)18)20-13(21)7-12(15(20)22)25-14-9(16(23)24)2-1-5-19-14/h1-6,12H,7H2,(H,23,24)/p-1/t12-/m1/s1. The predicted octanol–water partition coefficient (Wildman–Crippen LogP) is 1.66. The van der Waals surface area contributed by atoms with Gasteiger partial charge in [0.25, 0.3) is 0 Å². The number of carbonyl (C=O) groups excluding carboxylic acids is 3. The number of imide groups is 1. The number of halogens is 2. The summed E-state index contributed by atoms with van der Waals surface area (Å²) >= 11 is 6.57. The van der Waals surface area contributed by atoms with E-state index >= 15 is 0 Å². The second-order valence-electron chi connectivity index (χ2n) is 5.12. The van der Waals surface area contributed by atoms with Gasteiger partial charge in [-0.15, -0.1) is 0 Å². The van der Waals surface area contributed by atoms with Gasteiger partial charge in [-0.1, -0.05) is 23.4 Å². The van der Waals surface area contributed by atoms with Gasteiger partial charge in [-0.2, -0.15) is 0 Å². The second-order valence-corrected chi connectivity index (χ2v) is 6.72. The summed E-state index contributed by atoms with van der Waals surface area (Å²) in [6.07, 6.45) is 1.25. The number of anilines is 1. The van der Waals surface area contributed by atoms with E-state index in [1.165, 1.54) is 30.5 Å². The molecule has 0 aliphatic carbocycles. The number of aromatic nitrogens is 1. The predicted molar refractivity (Wildman–Crippen MR) is 86.7 cm³/mol. The Labute approximate surface area is 150 Å².